The summed E-state index contributed by atoms with van der Waals surface area (Å²) in [4.78, 5) is 14.3. The fourth-order valence-corrected chi connectivity index (χ4v) is 4.66. The van der Waals surface area contributed by atoms with Gasteiger partial charge in [0.05, 0.1) is 12.1 Å². The highest BCUT2D eigenvalue weighted by molar-refractivity contribution is 5.73. The number of carbonyl (C=O) groups excluding carboxylic acids is 1. The van der Waals surface area contributed by atoms with E-state index in [0.29, 0.717) is 6.61 Å². The number of benzene rings is 2. The molecule has 0 bridgehead atoms. The van der Waals surface area contributed by atoms with Gasteiger partial charge in [-0.1, -0.05) is 42.5 Å². The highest BCUT2D eigenvalue weighted by atomic mass is 16.6. The summed E-state index contributed by atoms with van der Waals surface area (Å²) in [5, 5.41) is 0. The van der Waals surface area contributed by atoms with Crippen LogP contribution < -0.4 is 0 Å². The number of aryl methyl sites for hydroxylation is 1. The molecule has 0 spiro atoms. The number of fused-ring (bicyclic) bond motifs is 8. The van der Waals surface area contributed by atoms with Crippen LogP contribution in [0.2, 0.25) is 0 Å². The lowest BCUT2D eigenvalue weighted by atomic mass is 9.79. The van der Waals surface area contributed by atoms with Crippen molar-refractivity contribution in [2.75, 3.05) is 6.61 Å². The molecule has 3 atom stereocenters. The summed E-state index contributed by atoms with van der Waals surface area (Å²) >= 11 is 0. The van der Waals surface area contributed by atoms with Crippen LogP contribution in [0.25, 0.3) is 0 Å². The second kappa shape index (κ2) is 4.13. The van der Waals surface area contributed by atoms with Gasteiger partial charge in [0.25, 0.3) is 0 Å². The lowest BCUT2D eigenvalue weighted by Crippen LogP contribution is -2.44. The molecule has 2 heterocycles. The van der Waals surface area contributed by atoms with Crippen molar-refractivity contribution >= 4 is 6.09 Å². The molecular formula is C19H17NO2. The van der Waals surface area contributed by atoms with Crippen molar-refractivity contribution in [2.45, 2.75) is 31.3 Å². The van der Waals surface area contributed by atoms with Gasteiger partial charge in [0.1, 0.15) is 6.61 Å². The molecular weight excluding hydrogens is 274 g/mol. The number of cyclic esters (lactones) is 1. The highest BCUT2D eigenvalue weighted by Gasteiger charge is 2.51. The van der Waals surface area contributed by atoms with Crippen LogP contribution in [0, 0.1) is 6.92 Å². The van der Waals surface area contributed by atoms with Crippen molar-refractivity contribution in [3.05, 3.63) is 70.3 Å². The Morgan fingerprint density at radius 1 is 1.09 bits per heavy atom. The molecule has 5 rings (SSSR count). The molecule has 0 aromatic heterocycles. The Labute approximate surface area is 129 Å². The molecule has 2 aliphatic heterocycles. The number of carbonyl (C=O) groups is 1. The van der Waals surface area contributed by atoms with Gasteiger partial charge in [-0.3, -0.25) is 4.90 Å². The molecule has 0 unspecified atom stereocenters. The molecule has 1 amide bonds. The van der Waals surface area contributed by atoms with Crippen LogP contribution in [-0.4, -0.2) is 23.6 Å². The molecule has 1 fully saturated rings. The maximum atomic E-state index is 12.3. The van der Waals surface area contributed by atoms with Crippen LogP contribution >= 0.6 is 0 Å². The first-order valence-corrected chi connectivity index (χ1v) is 7.88. The van der Waals surface area contributed by atoms with E-state index in [1.807, 2.05) is 4.90 Å². The summed E-state index contributed by atoms with van der Waals surface area (Å²) in [6, 6.07) is 15.4. The predicted octanol–water partition coefficient (Wildman–Crippen LogP) is 3.56. The third kappa shape index (κ3) is 1.39. The third-order valence-corrected chi connectivity index (χ3v) is 5.50. The number of nitrogens with zero attached hydrogens (tertiary/aromatic N) is 1. The molecule has 0 saturated carbocycles. The standard InChI is InChI=1S/C19H17NO2/c1-11-5-4-6-12-9-15-18(17(11)12)14-8-3-2-7-13(14)16-10-22-19(21)20(15)16/h2-8,15-16,18H,9-10H2,1H3/t15-,16-,18-/m1/s1. The van der Waals surface area contributed by atoms with Crippen LogP contribution in [0.3, 0.4) is 0 Å². The van der Waals surface area contributed by atoms with Gasteiger partial charge in [0.15, 0.2) is 0 Å². The van der Waals surface area contributed by atoms with E-state index >= 15 is 0 Å². The summed E-state index contributed by atoms with van der Waals surface area (Å²) in [6.45, 7) is 2.66. The van der Waals surface area contributed by atoms with Gasteiger partial charge in [0, 0.05) is 5.92 Å². The lowest BCUT2D eigenvalue weighted by molar-refractivity contribution is 0.138. The van der Waals surface area contributed by atoms with Gasteiger partial charge in [-0.05, 0) is 41.2 Å². The minimum Gasteiger partial charge on any atom is -0.447 e. The molecule has 3 nitrogen and oxygen atoms in total. The maximum absolute atomic E-state index is 12.3. The zero-order valence-corrected chi connectivity index (χ0v) is 12.5. The van der Waals surface area contributed by atoms with Crippen LogP contribution in [0.5, 0.6) is 0 Å². The Balaban J connectivity index is 1.79. The number of ether oxygens (including phenoxy) is 1. The molecule has 2 aromatic rings. The van der Waals surface area contributed by atoms with Gasteiger partial charge in [0.2, 0.25) is 0 Å². The fraction of sp³-hybridized carbons (Fsp3) is 0.316. The van der Waals surface area contributed by atoms with Gasteiger partial charge in [-0.2, -0.15) is 0 Å². The van der Waals surface area contributed by atoms with Gasteiger partial charge >= 0.3 is 6.09 Å². The zero-order valence-electron chi connectivity index (χ0n) is 12.5. The van der Waals surface area contributed by atoms with Crippen molar-refractivity contribution in [3.8, 4) is 0 Å². The van der Waals surface area contributed by atoms with E-state index in [1.54, 1.807) is 0 Å². The quantitative estimate of drug-likeness (QED) is 0.743. The Hall–Kier alpha value is -2.29. The number of rotatable bonds is 0. The second-order valence-corrected chi connectivity index (χ2v) is 6.53. The summed E-state index contributed by atoms with van der Waals surface area (Å²) < 4.78 is 5.38. The molecule has 1 saturated heterocycles. The van der Waals surface area contributed by atoms with Crippen molar-refractivity contribution in [2.24, 2.45) is 0 Å². The minimum atomic E-state index is -0.153. The molecule has 2 aromatic carbocycles. The first-order chi connectivity index (χ1) is 10.8. The average molecular weight is 291 g/mol. The average Bonchev–Trinajstić information content (AvgIpc) is 3.09. The van der Waals surface area contributed by atoms with Crippen LogP contribution in [0.4, 0.5) is 4.79 Å². The second-order valence-electron chi connectivity index (χ2n) is 6.53. The number of amides is 1. The highest BCUT2D eigenvalue weighted by Crippen LogP contribution is 2.51. The van der Waals surface area contributed by atoms with Gasteiger partial charge in [-0.15, -0.1) is 0 Å². The SMILES string of the molecule is Cc1cccc2c1[C@@H]1c3ccccc3[C@H]3COC(=O)N3[C@@H]1C2. The van der Waals surface area contributed by atoms with Crippen molar-refractivity contribution in [1.29, 1.82) is 0 Å². The van der Waals surface area contributed by atoms with Crippen molar-refractivity contribution in [3.63, 3.8) is 0 Å². The van der Waals surface area contributed by atoms with E-state index in [1.165, 1.54) is 27.8 Å². The smallest absolute Gasteiger partial charge is 0.410 e. The summed E-state index contributed by atoms with van der Waals surface area (Å²) in [7, 11) is 0. The molecule has 3 aliphatic rings. The van der Waals surface area contributed by atoms with Crippen LogP contribution in [0.15, 0.2) is 42.5 Å². The van der Waals surface area contributed by atoms with Crippen molar-refractivity contribution < 1.29 is 9.53 Å². The Bertz CT molecular complexity index is 798. The van der Waals surface area contributed by atoms with Crippen LogP contribution in [-0.2, 0) is 11.2 Å². The van der Waals surface area contributed by atoms with Gasteiger partial charge in [-0.25, -0.2) is 4.79 Å². The van der Waals surface area contributed by atoms with E-state index in [2.05, 4.69) is 49.4 Å². The van der Waals surface area contributed by atoms with E-state index < -0.39 is 0 Å². The number of hydrogen-bond acceptors (Lipinski definition) is 2. The van der Waals surface area contributed by atoms with E-state index in [9.17, 15) is 4.79 Å². The summed E-state index contributed by atoms with van der Waals surface area (Å²) in [5.41, 5.74) is 6.75. The predicted molar refractivity (Wildman–Crippen MR) is 82.9 cm³/mol. The first kappa shape index (κ1) is 12.3. The minimum absolute atomic E-state index is 0.0829. The molecule has 3 heteroatoms. The maximum Gasteiger partial charge on any atom is 0.410 e. The molecule has 0 radical (unpaired) electrons. The molecule has 110 valence electrons. The number of hydrogen-bond donors (Lipinski definition) is 0. The Kier molecular flexibility index (Phi) is 2.30. The topological polar surface area (TPSA) is 29.5 Å². The van der Waals surface area contributed by atoms with Crippen molar-refractivity contribution in [1.82, 2.24) is 4.90 Å². The third-order valence-electron chi connectivity index (χ3n) is 5.50. The first-order valence-electron chi connectivity index (χ1n) is 7.88. The summed E-state index contributed by atoms with van der Waals surface area (Å²) in [5.74, 6) is 0.286. The lowest BCUT2D eigenvalue weighted by Gasteiger charge is -2.39. The monoisotopic (exact) mass is 291 g/mol. The molecule has 0 N–H and O–H groups in total. The van der Waals surface area contributed by atoms with Gasteiger partial charge < -0.3 is 4.74 Å². The zero-order chi connectivity index (χ0) is 14.8. The van der Waals surface area contributed by atoms with E-state index in [-0.39, 0.29) is 24.1 Å². The molecule has 22 heavy (non-hydrogen) atoms. The van der Waals surface area contributed by atoms with E-state index in [0.717, 1.165) is 6.42 Å². The normalized spacial score (nSPS) is 27.8. The van der Waals surface area contributed by atoms with Crippen LogP contribution in [0.1, 0.15) is 39.8 Å². The largest absolute Gasteiger partial charge is 0.447 e. The summed E-state index contributed by atoms with van der Waals surface area (Å²) in [6.07, 6.45) is 0.779. The van der Waals surface area contributed by atoms with E-state index in [4.69, 9.17) is 4.74 Å². The fourth-order valence-electron chi connectivity index (χ4n) is 4.66. The molecule has 1 aliphatic carbocycles. The Morgan fingerprint density at radius 3 is 2.77 bits per heavy atom. The Morgan fingerprint density at radius 2 is 1.91 bits per heavy atom.